The second-order valence-electron chi connectivity index (χ2n) is 8.73. The number of hydrogen-bond donors (Lipinski definition) is 2. The molecule has 36 heavy (non-hydrogen) atoms. The first kappa shape index (κ1) is 23.8. The topological polar surface area (TPSA) is 96.0 Å². The smallest absolute Gasteiger partial charge is 0.245 e. The van der Waals surface area contributed by atoms with Crippen molar-refractivity contribution in [2.45, 2.75) is 31.8 Å². The van der Waals surface area contributed by atoms with Crippen LogP contribution < -0.4 is 10.1 Å². The summed E-state index contributed by atoms with van der Waals surface area (Å²) in [5, 5.41) is 4.85. The highest BCUT2D eigenvalue weighted by molar-refractivity contribution is 6.32. The van der Waals surface area contributed by atoms with Crippen LogP contribution in [-0.4, -0.2) is 43.8 Å². The fourth-order valence-electron chi connectivity index (χ4n) is 4.63. The van der Waals surface area contributed by atoms with Crippen molar-refractivity contribution in [1.29, 1.82) is 0 Å². The van der Waals surface area contributed by atoms with Crippen molar-refractivity contribution in [2.75, 3.05) is 18.4 Å². The Hall–Kier alpha value is -3.91. The highest BCUT2D eigenvalue weighted by Gasteiger charge is 2.24. The molecular formula is C27H27ClN6O2. The Morgan fingerprint density at radius 1 is 1.22 bits per heavy atom. The maximum Gasteiger partial charge on any atom is 0.245 e. The minimum absolute atomic E-state index is 0.00963. The summed E-state index contributed by atoms with van der Waals surface area (Å²) in [4.78, 5) is 30.5. The number of nitrogens with zero attached hydrogens (tertiary/aromatic N) is 4. The van der Waals surface area contributed by atoms with Gasteiger partial charge in [0, 0.05) is 31.2 Å². The molecular weight excluding hydrogens is 476 g/mol. The average Bonchev–Trinajstić information content (AvgIpc) is 3.19. The molecule has 4 heterocycles. The van der Waals surface area contributed by atoms with E-state index in [1.807, 2.05) is 47.5 Å². The summed E-state index contributed by atoms with van der Waals surface area (Å²) in [6, 6.07) is 11.3. The Morgan fingerprint density at radius 3 is 2.94 bits per heavy atom. The molecule has 1 fully saturated rings. The van der Waals surface area contributed by atoms with Gasteiger partial charge in [0.25, 0.3) is 0 Å². The number of anilines is 2. The molecule has 4 aromatic rings. The Morgan fingerprint density at radius 2 is 2.14 bits per heavy atom. The molecule has 3 aromatic heterocycles. The fourth-order valence-corrected chi connectivity index (χ4v) is 4.86. The summed E-state index contributed by atoms with van der Waals surface area (Å²) >= 11 is 6.52. The average molecular weight is 503 g/mol. The van der Waals surface area contributed by atoms with E-state index in [9.17, 15) is 4.79 Å². The lowest BCUT2D eigenvalue weighted by Crippen LogP contribution is -2.30. The van der Waals surface area contributed by atoms with Gasteiger partial charge >= 0.3 is 0 Å². The van der Waals surface area contributed by atoms with Crippen molar-refractivity contribution in [1.82, 2.24) is 24.8 Å². The standard InChI is InChI=1S/C27H27ClN6O2/c1-2-24(35)34-12-5-6-18(10-13-34)21-15-30-26-25(21)27(32-17-31-26)33-19-8-9-23(22(28)14-19)36-16-20-7-3-4-11-29-20/h2-4,7-9,11,14-15,17-18H,1,5-6,10,12-13,16H2,(H2,30,31,32,33). The summed E-state index contributed by atoms with van der Waals surface area (Å²) in [5.74, 6) is 1.57. The summed E-state index contributed by atoms with van der Waals surface area (Å²) < 4.78 is 5.84. The summed E-state index contributed by atoms with van der Waals surface area (Å²) in [5.41, 5.74) is 3.55. The van der Waals surface area contributed by atoms with Crippen LogP contribution in [0.15, 0.2) is 67.8 Å². The number of ether oxygens (including phenoxy) is 1. The van der Waals surface area contributed by atoms with Gasteiger partial charge in [0.05, 0.1) is 16.1 Å². The lowest BCUT2D eigenvalue weighted by molar-refractivity contribution is -0.125. The second kappa shape index (κ2) is 10.8. The molecule has 0 radical (unpaired) electrons. The number of nitrogens with one attached hydrogen (secondary N) is 2. The number of likely N-dealkylation sites (tertiary alicyclic amines) is 1. The van der Waals surface area contributed by atoms with Gasteiger partial charge in [-0.05, 0) is 67.2 Å². The first-order valence-electron chi connectivity index (χ1n) is 11.9. The molecule has 0 aliphatic carbocycles. The maximum atomic E-state index is 12.1. The summed E-state index contributed by atoms with van der Waals surface area (Å²) in [7, 11) is 0. The van der Waals surface area contributed by atoms with Crippen molar-refractivity contribution in [3.8, 4) is 5.75 Å². The molecule has 5 rings (SSSR count). The monoisotopic (exact) mass is 502 g/mol. The molecule has 184 valence electrons. The predicted octanol–water partition coefficient (Wildman–Crippen LogP) is 5.61. The van der Waals surface area contributed by atoms with Crippen molar-refractivity contribution >= 4 is 40.0 Å². The number of rotatable bonds is 7. The number of pyridine rings is 1. The molecule has 0 spiro atoms. The Balaban J connectivity index is 1.35. The number of H-pyrrole nitrogens is 1. The van der Waals surface area contributed by atoms with Crippen LogP contribution in [0.4, 0.5) is 11.5 Å². The molecule has 8 nitrogen and oxygen atoms in total. The minimum Gasteiger partial charge on any atom is -0.486 e. The van der Waals surface area contributed by atoms with Crippen LogP contribution in [0, 0.1) is 0 Å². The second-order valence-corrected chi connectivity index (χ2v) is 9.13. The van der Waals surface area contributed by atoms with E-state index < -0.39 is 0 Å². The van der Waals surface area contributed by atoms with E-state index in [1.54, 1.807) is 6.20 Å². The number of carbonyl (C=O) groups is 1. The molecule has 0 saturated carbocycles. The number of aromatic nitrogens is 4. The molecule has 2 N–H and O–H groups in total. The Bertz CT molecular complexity index is 1370. The maximum absolute atomic E-state index is 12.1. The zero-order chi connectivity index (χ0) is 24.9. The zero-order valence-electron chi connectivity index (χ0n) is 19.8. The number of hydrogen-bond acceptors (Lipinski definition) is 6. The molecule has 1 atom stereocenters. The number of aromatic amines is 1. The van der Waals surface area contributed by atoms with Crippen LogP contribution in [0.25, 0.3) is 11.0 Å². The fraction of sp³-hybridized carbons (Fsp3) is 0.259. The third kappa shape index (κ3) is 5.18. The van der Waals surface area contributed by atoms with Crippen LogP contribution in [0.2, 0.25) is 5.02 Å². The van der Waals surface area contributed by atoms with Crippen LogP contribution in [-0.2, 0) is 11.4 Å². The van der Waals surface area contributed by atoms with Gasteiger partial charge in [-0.15, -0.1) is 0 Å². The van der Waals surface area contributed by atoms with E-state index in [0.717, 1.165) is 53.8 Å². The predicted molar refractivity (Wildman–Crippen MR) is 141 cm³/mol. The van der Waals surface area contributed by atoms with Gasteiger partial charge in [-0.2, -0.15) is 0 Å². The summed E-state index contributed by atoms with van der Waals surface area (Å²) in [6.07, 6.45) is 9.46. The van der Waals surface area contributed by atoms with Crippen LogP contribution in [0.5, 0.6) is 5.75 Å². The first-order valence-corrected chi connectivity index (χ1v) is 12.3. The lowest BCUT2D eigenvalue weighted by atomic mass is 9.92. The van der Waals surface area contributed by atoms with E-state index in [2.05, 4.69) is 31.8 Å². The number of benzene rings is 1. The van der Waals surface area contributed by atoms with E-state index in [4.69, 9.17) is 16.3 Å². The number of halogens is 1. The Kier molecular flexibility index (Phi) is 7.13. The molecule has 1 amide bonds. The van der Waals surface area contributed by atoms with E-state index in [0.29, 0.717) is 35.7 Å². The van der Waals surface area contributed by atoms with Crippen molar-refractivity contribution < 1.29 is 9.53 Å². The van der Waals surface area contributed by atoms with Crippen molar-refractivity contribution in [3.05, 3.63) is 84.1 Å². The quantitative estimate of drug-likeness (QED) is 0.319. The van der Waals surface area contributed by atoms with Crippen LogP contribution in [0.1, 0.15) is 36.4 Å². The largest absolute Gasteiger partial charge is 0.486 e. The van der Waals surface area contributed by atoms with Gasteiger partial charge in [0.1, 0.15) is 30.1 Å². The third-order valence-corrected chi connectivity index (χ3v) is 6.75. The zero-order valence-corrected chi connectivity index (χ0v) is 20.5. The summed E-state index contributed by atoms with van der Waals surface area (Å²) in [6.45, 7) is 5.41. The first-order chi connectivity index (χ1) is 17.6. The van der Waals surface area contributed by atoms with Crippen LogP contribution >= 0.6 is 11.6 Å². The van der Waals surface area contributed by atoms with Gasteiger partial charge in [0.15, 0.2) is 0 Å². The van der Waals surface area contributed by atoms with Crippen LogP contribution in [0.3, 0.4) is 0 Å². The van der Waals surface area contributed by atoms with Gasteiger partial charge in [-0.3, -0.25) is 9.78 Å². The molecule has 1 saturated heterocycles. The van der Waals surface area contributed by atoms with Gasteiger partial charge in [-0.1, -0.05) is 24.2 Å². The van der Waals surface area contributed by atoms with Crippen molar-refractivity contribution in [3.63, 3.8) is 0 Å². The SMILES string of the molecule is C=CC(=O)N1CCCC(c2c[nH]c3ncnc(Nc4ccc(OCc5ccccn5)c(Cl)c4)c23)CC1. The minimum atomic E-state index is -0.00963. The van der Waals surface area contributed by atoms with Crippen molar-refractivity contribution in [2.24, 2.45) is 0 Å². The number of carbonyl (C=O) groups excluding carboxylic acids is 1. The van der Waals surface area contributed by atoms with Gasteiger partial charge < -0.3 is 19.9 Å². The molecule has 0 bridgehead atoms. The normalized spacial score (nSPS) is 15.9. The van der Waals surface area contributed by atoms with Gasteiger partial charge in [-0.25, -0.2) is 9.97 Å². The molecule has 1 aliphatic heterocycles. The molecule has 9 heteroatoms. The highest BCUT2D eigenvalue weighted by atomic mass is 35.5. The third-order valence-electron chi connectivity index (χ3n) is 6.45. The lowest BCUT2D eigenvalue weighted by Gasteiger charge is -2.18. The highest BCUT2D eigenvalue weighted by Crippen LogP contribution is 2.37. The van der Waals surface area contributed by atoms with E-state index in [1.165, 1.54) is 12.4 Å². The Labute approximate surface area is 214 Å². The number of fused-ring (bicyclic) bond motifs is 1. The van der Waals surface area contributed by atoms with E-state index in [-0.39, 0.29) is 5.91 Å². The van der Waals surface area contributed by atoms with E-state index >= 15 is 0 Å². The molecule has 1 aromatic carbocycles. The van der Waals surface area contributed by atoms with Gasteiger partial charge in [0.2, 0.25) is 5.91 Å². The molecule has 1 unspecified atom stereocenters. The molecule has 1 aliphatic rings. The number of amides is 1.